The van der Waals surface area contributed by atoms with Gasteiger partial charge in [0.15, 0.2) is 5.13 Å². The number of fused-ring (bicyclic) bond motifs is 1. The van der Waals surface area contributed by atoms with Crippen LogP contribution in [0, 0.1) is 0 Å². The van der Waals surface area contributed by atoms with Crippen LogP contribution in [0.25, 0.3) is 0 Å². The van der Waals surface area contributed by atoms with Crippen LogP contribution in [0.4, 0.5) is 10.8 Å². The third-order valence-electron chi connectivity index (χ3n) is 4.77. The number of benzene rings is 2. The Bertz CT molecular complexity index is 1240. The van der Waals surface area contributed by atoms with E-state index in [-0.39, 0.29) is 40.7 Å². The Balaban J connectivity index is 1.28. The van der Waals surface area contributed by atoms with Gasteiger partial charge < -0.3 is 5.32 Å². The molecule has 0 unspecified atom stereocenters. The zero-order valence-corrected chi connectivity index (χ0v) is 18.3. The molecule has 0 radical (unpaired) electrons. The van der Waals surface area contributed by atoms with Gasteiger partial charge in [-0.2, -0.15) is 0 Å². The number of hydrogen-bond donors (Lipinski definition) is 2. The van der Waals surface area contributed by atoms with Crippen LogP contribution < -0.4 is 10.0 Å². The average Bonchev–Trinajstić information content (AvgIpc) is 3.36. The minimum absolute atomic E-state index is 0.0383. The fourth-order valence-corrected chi connectivity index (χ4v) is 5.02. The predicted molar refractivity (Wildman–Crippen MR) is 119 cm³/mol. The zero-order chi connectivity index (χ0) is 22.7. The molecule has 3 aromatic rings. The van der Waals surface area contributed by atoms with Crippen molar-refractivity contribution < 1.29 is 22.8 Å². The number of nitrogens with zero attached hydrogens (tertiary/aromatic N) is 2. The van der Waals surface area contributed by atoms with E-state index in [9.17, 15) is 22.8 Å². The average molecular weight is 471 g/mol. The van der Waals surface area contributed by atoms with Crippen molar-refractivity contribution >= 4 is 49.9 Å². The summed E-state index contributed by atoms with van der Waals surface area (Å²) < 4.78 is 27.1. The van der Waals surface area contributed by atoms with E-state index in [1.54, 1.807) is 29.6 Å². The topological polar surface area (TPSA) is 126 Å². The second kappa shape index (κ2) is 8.89. The fraction of sp³-hybridized carbons (Fsp3) is 0.143. The molecule has 9 nitrogen and oxygen atoms in total. The normalized spacial score (nSPS) is 13.2. The molecule has 3 amide bonds. The van der Waals surface area contributed by atoms with Crippen LogP contribution in [0.3, 0.4) is 0 Å². The Morgan fingerprint density at radius 2 is 1.66 bits per heavy atom. The van der Waals surface area contributed by atoms with Crippen molar-refractivity contribution in [3.05, 3.63) is 71.2 Å². The molecule has 0 saturated heterocycles. The minimum atomic E-state index is -3.77. The molecular formula is C21H18N4O5S2. The van der Waals surface area contributed by atoms with Gasteiger partial charge in [-0.15, -0.1) is 11.3 Å². The molecule has 164 valence electrons. The second-order valence-corrected chi connectivity index (χ2v) is 9.50. The maximum atomic E-state index is 12.3. The first-order valence-electron chi connectivity index (χ1n) is 9.62. The molecule has 0 saturated carbocycles. The highest BCUT2D eigenvalue weighted by molar-refractivity contribution is 7.93. The number of amides is 3. The SMILES string of the molecule is O=C(CCCN1C(=O)c2ccccc2C1=O)Nc1ccc(S(=O)(=O)Nc2nccs2)cc1. The highest BCUT2D eigenvalue weighted by Crippen LogP contribution is 2.23. The van der Waals surface area contributed by atoms with Gasteiger partial charge in [0.2, 0.25) is 5.91 Å². The van der Waals surface area contributed by atoms with E-state index >= 15 is 0 Å². The predicted octanol–water partition coefficient (Wildman–Crippen LogP) is 2.96. The van der Waals surface area contributed by atoms with Crippen molar-refractivity contribution in [2.24, 2.45) is 0 Å². The summed E-state index contributed by atoms with van der Waals surface area (Å²) in [5, 5.41) is 4.60. The van der Waals surface area contributed by atoms with Gasteiger partial charge in [-0.05, 0) is 42.8 Å². The summed E-state index contributed by atoms with van der Waals surface area (Å²) in [7, 11) is -3.77. The van der Waals surface area contributed by atoms with Gasteiger partial charge in [-0.1, -0.05) is 12.1 Å². The van der Waals surface area contributed by atoms with Gasteiger partial charge in [-0.3, -0.25) is 24.0 Å². The van der Waals surface area contributed by atoms with Gasteiger partial charge in [-0.25, -0.2) is 13.4 Å². The largest absolute Gasteiger partial charge is 0.326 e. The summed E-state index contributed by atoms with van der Waals surface area (Å²) >= 11 is 1.17. The molecule has 0 atom stereocenters. The number of imide groups is 1. The van der Waals surface area contributed by atoms with E-state index in [0.29, 0.717) is 23.2 Å². The minimum Gasteiger partial charge on any atom is -0.326 e. The molecule has 1 aliphatic rings. The van der Waals surface area contributed by atoms with Gasteiger partial charge in [0.25, 0.3) is 21.8 Å². The molecular weight excluding hydrogens is 452 g/mol. The van der Waals surface area contributed by atoms with Gasteiger partial charge >= 0.3 is 0 Å². The number of rotatable bonds is 8. The maximum absolute atomic E-state index is 12.3. The van der Waals surface area contributed by atoms with Crippen molar-refractivity contribution in [1.82, 2.24) is 9.88 Å². The monoisotopic (exact) mass is 470 g/mol. The third-order valence-corrected chi connectivity index (χ3v) is 6.94. The Hall–Kier alpha value is -3.57. The molecule has 2 N–H and O–H groups in total. The van der Waals surface area contributed by atoms with E-state index in [1.807, 2.05) is 0 Å². The standard InChI is InChI=1S/C21H18N4O5S2/c26-18(6-3-12-25-19(27)16-4-1-2-5-17(16)20(25)28)23-14-7-9-15(10-8-14)32(29,30)24-21-22-11-13-31-21/h1-2,4-5,7-11,13H,3,6,12H2,(H,22,24)(H,23,26). The second-order valence-electron chi connectivity index (χ2n) is 6.93. The van der Waals surface area contributed by atoms with E-state index in [0.717, 1.165) is 4.90 Å². The Labute approximate surface area is 188 Å². The number of nitrogens with one attached hydrogen (secondary N) is 2. The Morgan fingerprint density at radius 3 is 2.25 bits per heavy atom. The summed E-state index contributed by atoms with van der Waals surface area (Å²) in [6.07, 6.45) is 1.90. The van der Waals surface area contributed by atoms with Gasteiger partial charge in [0.05, 0.1) is 16.0 Å². The van der Waals surface area contributed by atoms with E-state index in [1.165, 1.54) is 41.8 Å². The molecule has 4 rings (SSSR count). The van der Waals surface area contributed by atoms with Crippen molar-refractivity contribution in [1.29, 1.82) is 0 Å². The van der Waals surface area contributed by atoms with Crippen LogP contribution in [0.5, 0.6) is 0 Å². The lowest BCUT2D eigenvalue weighted by Gasteiger charge is -2.13. The number of aromatic nitrogens is 1. The van der Waals surface area contributed by atoms with Crippen molar-refractivity contribution in [3.8, 4) is 0 Å². The van der Waals surface area contributed by atoms with Crippen LogP contribution in [0.2, 0.25) is 0 Å². The highest BCUT2D eigenvalue weighted by Gasteiger charge is 2.34. The number of anilines is 2. The van der Waals surface area contributed by atoms with Crippen molar-refractivity contribution in [2.45, 2.75) is 17.7 Å². The molecule has 32 heavy (non-hydrogen) atoms. The van der Waals surface area contributed by atoms with Crippen LogP contribution in [-0.4, -0.2) is 42.6 Å². The number of hydrogen-bond acceptors (Lipinski definition) is 7. The molecule has 2 aromatic carbocycles. The van der Waals surface area contributed by atoms with Crippen LogP contribution in [-0.2, 0) is 14.8 Å². The Kier molecular flexibility index (Phi) is 6.01. The van der Waals surface area contributed by atoms with Crippen LogP contribution >= 0.6 is 11.3 Å². The lowest BCUT2D eigenvalue weighted by Crippen LogP contribution is -2.31. The van der Waals surface area contributed by atoms with E-state index in [4.69, 9.17) is 0 Å². The summed E-state index contributed by atoms with van der Waals surface area (Å²) in [4.78, 5) is 42.0. The molecule has 0 fully saturated rings. The molecule has 0 aliphatic carbocycles. The quantitative estimate of drug-likeness (QED) is 0.488. The first-order valence-corrected chi connectivity index (χ1v) is 12.0. The zero-order valence-electron chi connectivity index (χ0n) is 16.6. The van der Waals surface area contributed by atoms with Gasteiger partial charge in [0, 0.05) is 30.2 Å². The highest BCUT2D eigenvalue weighted by atomic mass is 32.2. The molecule has 0 spiro atoms. The number of carbonyl (C=O) groups is 3. The maximum Gasteiger partial charge on any atom is 0.263 e. The van der Waals surface area contributed by atoms with Crippen molar-refractivity contribution in [3.63, 3.8) is 0 Å². The smallest absolute Gasteiger partial charge is 0.263 e. The summed E-state index contributed by atoms with van der Waals surface area (Å²) in [5.41, 5.74) is 1.19. The summed E-state index contributed by atoms with van der Waals surface area (Å²) in [6.45, 7) is 0.138. The fourth-order valence-electron chi connectivity index (χ4n) is 3.23. The molecule has 0 bridgehead atoms. The summed E-state index contributed by atoms with van der Waals surface area (Å²) in [5.74, 6) is -1.01. The van der Waals surface area contributed by atoms with Crippen LogP contribution in [0.1, 0.15) is 33.6 Å². The summed E-state index contributed by atoms with van der Waals surface area (Å²) in [6, 6.07) is 12.3. The molecule has 2 heterocycles. The third kappa shape index (κ3) is 4.53. The number of carbonyl (C=O) groups excluding carboxylic acids is 3. The molecule has 1 aliphatic heterocycles. The van der Waals surface area contributed by atoms with Crippen LogP contribution in [0.15, 0.2) is 65.0 Å². The van der Waals surface area contributed by atoms with E-state index in [2.05, 4.69) is 15.0 Å². The molecule has 1 aromatic heterocycles. The first-order chi connectivity index (χ1) is 15.3. The lowest BCUT2D eigenvalue weighted by molar-refractivity contribution is -0.116. The van der Waals surface area contributed by atoms with Crippen molar-refractivity contribution in [2.75, 3.05) is 16.6 Å². The number of thiazole rings is 1. The van der Waals surface area contributed by atoms with Gasteiger partial charge in [0.1, 0.15) is 0 Å². The van der Waals surface area contributed by atoms with E-state index < -0.39 is 10.0 Å². The molecule has 11 heteroatoms. The number of sulfonamides is 1. The first kappa shape index (κ1) is 21.7. The lowest BCUT2D eigenvalue weighted by atomic mass is 10.1. The Morgan fingerprint density at radius 1 is 1.00 bits per heavy atom.